The van der Waals surface area contributed by atoms with Crippen molar-refractivity contribution in [2.75, 3.05) is 32.8 Å². The molecule has 79 heavy (non-hydrogen) atoms. The summed E-state index contributed by atoms with van der Waals surface area (Å²) in [7, 11) is 0. The van der Waals surface area contributed by atoms with Crippen LogP contribution in [0.4, 0.5) is 13.6 Å². The maximum Gasteiger partial charge on any atom is 0.326 e. The average Bonchev–Trinajstić information content (AvgIpc) is 4.04. The maximum absolute atomic E-state index is 15.2. The second-order valence-corrected chi connectivity index (χ2v) is 21.1. The number of aromatic nitrogens is 1. The van der Waals surface area contributed by atoms with Crippen LogP contribution in [0.15, 0.2) is 72.9 Å². The van der Waals surface area contributed by atoms with Crippen molar-refractivity contribution in [2.24, 2.45) is 22.8 Å². The lowest BCUT2D eigenvalue weighted by Crippen LogP contribution is -2.57. The van der Waals surface area contributed by atoms with Crippen LogP contribution in [0.1, 0.15) is 123 Å². The fourth-order valence-corrected chi connectivity index (χ4v) is 9.24. The van der Waals surface area contributed by atoms with Crippen molar-refractivity contribution in [3.63, 3.8) is 0 Å². The van der Waals surface area contributed by atoms with E-state index in [1.54, 1.807) is 26.1 Å². The van der Waals surface area contributed by atoms with Crippen molar-refractivity contribution in [1.29, 1.82) is 0 Å². The van der Waals surface area contributed by atoms with E-state index in [4.69, 9.17) is 11.5 Å². The number of rotatable bonds is 33. The highest BCUT2D eigenvalue weighted by Crippen LogP contribution is 2.41. The van der Waals surface area contributed by atoms with E-state index in [0.29, 0.717) is 49.9 Å². The molecule has 0 aliphatic carbocycles. The molecule has 0 saturated heterocycles. The fraction of sp³-hybridized carbons (Fsp3) is 0.518. The fourth-order valence-electron chi connectivity index (χ4n) is 9.24. The summed E-state index contributed by atoms with van der Waals surface area (Å²) in [5.41, 5.74) is 12.7. The van der Waals surface area contributed by atoms with Gasteiger partial charge in [-0.25, -0.2) is 18.4 Å². The normalized spacial score (nSPS) is 14.3. The number of carbonyl (C=O) groups is 9. The molecule has 9 amide bonds. The number of aliphatic hydroxyl groups excluding tert-OH is 1. The molecule has 0 unspecified atom stereocenters. The summed E-state index contributed by atoms with van der Waals surface area (Å²) in [6.45, 7) is 8.91. The van der Waals surface area contributed by atoms with Crippen molar-refractivity contribution >= 4 is 53.4 Å². The minimum atomic E-state index is -1.40. The predicted molar refractivity (Wildman–Crippen MR) is 290 cm³/mol. The highest BCUT2D eigenvalue weighted by atomic mass is 19.1. The van der Waals surface area contributed by atoms with Crippen LogP contribution < -0.4 is 38.1 Å². The Kier molecular flexibility index (Phi) is 25.2. The number of nitrogens with two attached hydrogens (primary N) is 2. The van der Waals surface area contributed by atoms with Gasteiger partial charge in [-0.3, -0.25) is 38.5 Å². The molecule has 21 nitrogen and oxygen atoms in total. The number of amides is 9. The third-order valence-corrected chi connectivity index (χ3v) is 13.4. The molecule has 1 aliphatic rings. The van der Waals surface area contributed by atoms with Crippen LogP contribution in [-0.4, -0.2) is 135 Å². The van der Waals surface area contributed by atoms with E-state index < -0.39 is 113 Å². The summed E-state index contributed by atoms with van der Waals surface area (Å²) in [5, 5.41) is 33.4. The molecule has 0 bridgehead atoms. The number of benzene rings is 2. The topological polar surface area (TPSA) is 318 Å². The Morgan fingerprint density at radius 2 is 1.38 bits per heavy atom. The Morgan fingerprint density at radius 3 is 1.99 bits per heavy atom. The van der Waals surface area contributed by atoms with Crippen molar-refractivity contribution in [3.05, 3.63) is 95.8 Å². The molecule has 0 saturated carbocycles. The third-order valence-electron chi connectivity index (χ3n) is 13.4. The van der Waals surface area contributed by atoms with Gasteiger partial charge >= 0.3 is 12.0 Å². The van der Waals surface area contributed by atoms with Gasteiger partial charge in [0.15, 0.2) is 0 Å². The zero-order valence-corrected chi connectivity index (χ0v) is 45.7. The Morgan fingerprint density at radius 1 is 0.747 bits per heavy atom. The first-order valence-electron chi connectivity index (χ1n) is 26.7. The predicted octanol–water partition coefficient (Wildman–Crippen LogP) is 3.91. The molecule has 1 aliphatic heterocycles. The van der Waals surface area contributed by atoms with Crippen LogP contribution in [0.25, 0.3) is 11.1 Å². The number of imide groups is 1. The summed E-state index contributed by atoms with van der Waals surface area (Å²) < 4.78 is 31.5. The lowest BCUT2D eigenvalue weighted by atomic mass is 9.82. The standard InChI is InChI=1S/C56H78F2N10O11/c1-35(2)49(65-45(70)20-10-7-15-28-67-46(71)23-24-47(67)72)53(76)63-42(18-11-14-27-62-55(60)79)52(75)64-43(54(77)78)19-12-13-26-61-51(74)41(59)25-29-68(48(73)34-69)50(56(3,4)5)44-30-37(39-31-38(57)21-22-40(39)58)33-66(44)32-36-16-8-6-9-17-36/h6,8-9,16-17,21-24,30-31,33,35,41-43,49-50,69H,7,10-15,18-20,25-29,32,34,59H2,1-5H3,(H,61,74)(H,63,76)(H,64,75)(H,65,70)(H,77,78)(H3,60,62,79)/t41-,42-,43-,49-,50-/m0/s1. The molecule has 0 fully saturated rings. The van der Waals surface area contributed by atoms with E-state index in [1.165, 1.54) is 17.1 Å². The number of unbranched alkanes of at least 4 members (excludes halogenated alkanes) is 4. The van der Waals surface area contributed by atoms with Gasteiger partial charge < -0.3 is 57.7 Å². The molecule has 3 aromatic rings. The van der Waals surface area contributed by atoms with Crippen LogP contribution in [0.5, 0.6) is 0 Å². The van der Waals surface area contributed by atoms with Crippen LogP contribution in [0.3, 0.4) is 0 Å². The van der Waals surface area contributed by atoms with Crippen LogP contribution in [0, 0.1) is 23.0 Å². The van der Waals surface area contributed by atoms with Crippen LogP contribution >= 0.6 is 0 Å². The summed E-state index contributed by atoms with van der Waals surface area (Å²) in [5.74, 6) is -6.95. The van der Waals surface area contributed by atoms with Gasteiger partial charge in [-0.1, -0.05) is 71.4 Å². The van der Waals surface area contributed by atoms with Gasteiger partial charge in [-0.05, 0) is 98.9 Å². The number of aliphatic hydroxyl groups is 1. The molecule has 23 heteroatoms. The number of urea groups is 1. The second-order valence-electron chi connectivity index (χ2n) is 21.1. The lowest BCUT2D eigenvalue weighted by Gasteiger charge is -2.41. The Balaban J connectivity index is 1.35. The molecule has 4 rings (SSSR count). The number of nitrogens with zero attached hydrogens (tertiary/aromatic N) is 3. The first kappa shape index (κ1) is 64.0. The minimum absolute atomic E-state index is 0.0202. The number of hydrogen-bond acceptors (Lipinski definition) is 11. The third kappa shape index (κ3) is 20.3. The van der Waals surface area contributed by atoms with Crippen molar-refractivity contribution in [1.82, 2.24) is 41.0 Å². The molecule has 0 radical (unpaired) electrons. The monoisotopic (exact) mass is 1100 g/mol. The number of carbonyl (C=O) groups excluding carboxylic acids is 8. The first-order valence-corrected chi connectivity index (χ1v) is 26.7. The quantitative estimate of drug-likeness (QED) is 0.0310. The van der Waals surface area contributed by atoms with Gasteiger partial charge in [0.2, 0.25) is 29.5 Å². The van der Waals surface area contributed by atoms with Gasteiger partial charge in [0, 0.05) is 74.3 Å². The smallest absolute Gasteiger partial charge is 0.326 e. The van der Waals surface area contributed by atoms with Gasteiger partial charge in [0.05, 0.1) is 12.1 Å². The molecule has 432 valence electrons. The first-order chi connectivity index (χ1) is 37.4. The number of primary amides is 1. The van der Waals surface area contributed by atoms with Crippen LogP contribution in [0.2, 0.25) is 0 Å². The van der Waals surface area contributed by atoms with E-state index in [0.717, 1.165) is 28.7 Å². The van der Waals surface area contributed by atoms with Crippen molar-refractivity contribution in [3.8, 4) is 11.1 Å². The second kappa shape index (κ2) is 31.2. The van der Waals surface area contributed by atoms with E-state index in [2.05, 4.69) is 26.6 Å². The summed E-state index contributed by atoms with van der Waals surface area (Å²) in [6.07, 6.45) is 6.64. The number of carboxylic acids is 1. The van der Waals surface area contributed by atoms with E-state index in [1.807, 2.05) is 55.7 Å². The SMILES string of the molecule is CC(C)[C@H](NC(=O)CCCCCN1C(=O)C=CC1=O)C(=O)N[C@@H](CCCCNC(N)=O)C(=O)N[C@@H](CCCCNC(=O)[C@@H](N)CCN(C(=O)CO)[C@@H](c1cc(-c2cc(F)ccc2F)cn1Cc1ccccc1)C(C)(C)C)C(=O)O. The molecule has 2 aromatic carbocycles. The van der Waals surface area contributed by atoms with Gasteiger partial charge in [0.25, 0.3) is 11.8 Å². The molecular formula is C56H78F2N10O11. The Bertz CT molecular complexity index is 2600. The lowest BCUT2D eigenvalue weighted by molar-refractivity contribution is -0.142. The summed E-state index contributed by atoms with van der Waals surface area (Å²) >= 11 is 0. The van der Waals surface area contributed by atoms with Gasteiger partial charge in [0.1, 0.15) is 36.4 Å². The molecule has 0 spiro atoms. The molecular weight excluding hydrogens is 1030 g/mol. The van der Waals surface area contributed by atoms with Gasteiger partial charge in [-0.2, -0.15) is 0 Å². The largest absolute Gasteiger partial charge is 0.480 e. The van der Waals surface area contributed by atoms with Crippen molar-refractivity contribution in [2.45, 2.75) is 142 Å². The summed E-state index contributed by atoms with van der Waals surface area (Å²) in [6, 6.07) is 7.91. The molecule has 11 N–H and O–H groups in total. The number of nitrogens with one attached hydrogen (secondary N) is 5. The number of hydrogen-bond donors (Lipinski definition) is 9. The highest BCUT2D eigenvalue weighted by molar-refractivity contribution is 6.12. The highest BCUT2D eigenvalue weighted by Gasteiger charge is 2.38. The zero-order chi connectivity index (χ0) is 58.4. The molecule has 5 atom stereocenters. The number of aliphatic carboxylic acids is 1. The van der Waals surface area contributed by atoms with E-state index >= 15 is 4.39 Å². The van der Waals surface area contributed by atoms with Crippen molar-refractivity contribution < 1.29 is 62.1 Å². The van der Waals surface area contributed by atoms with Gasteiger partial charge in [-0.15, -0.1) is 0 Å². The molecule has 2 heterocycles. The number of halogens is 2. The average molecular weight is 1110 g/mol. The maximum atomic E-state index is 15.2. The molecule has 1 aromatic heterocycles. The van der Waals surface area contributed by atoms with E-state index in [-0.39, 0.29) is 70.3 Å². The zero-order valence-electron chi connectivity index (χ0n) is 45.7. The van der Waals surface area contributed by atoms with E-state index in [9.17, 15) is 57.8 Å². The number of carboxylic acid groups (broad SMARTS) is 1. The summed E-state index contributed by atoms with van der Waals surface area (Å²) in [4.78, 5) is 117. The minimum Gasteiger partial charge on any atom is -0.480 e. The Hall–Kier alpha value is -7.53. The Labute approximate surface area is 459 Å². The van der Waals surface area contributed by atoms with Crippen LogP contribution in [-0.2, 0) is 44.9 Å².